The van der Waals surface area contributed by atoms with E-state index in [1.54, 1.807) is 0 Å². The Labute approximate surface area is 128 Å². The Morgan fingerprint density at radius 1 is 0.950 bits per heavy atom. The van der Waals surface area contributed by atoms with Gasteiger partial charge in [-0.1, -0.05) is 24.3 Å². The molecule has 0 aliphatic carbocycles. The zero-order chi connectivity index (χ0) is 13.8. The van der Waals surface area contributed by atoms with Crippen molar-refractivity contribution < 1.29 is 0 Å². The highest BCUT2D eigenvalue weighted by Crippen LogP contribution is 2.24. The highest BCUT2D eigenvalue weighted by Gasteiger charge is 2.11. The predicted molar refractivity (Wildman–Crippen MR) is 89.3 cm³/mol. The molecule has 2 aromatic rings. The van der Waals surface area contributed by atoms with Gasteiger partial charge >= 0.3 is 0 Å². The van der Waals surface area contributed by atoms with E-state index in [1.807, 2.05) is 30.5 Å². The molecule has 0 bridgehead atoms. The Hall–Kier alpha value is -1.61. The van der Waals surface area contributed by atoms with Gasteiger partial charge in [0.1, 0.15) is 0 Å². The summed E-state index contributed by atoms with van der Waals surface area (Å²) in [5.74, 6) is 0. The van der Waals surface area contributed by atoms with E-state index in [9.17, 15) is 0 Å². The maximum Gasteiger partial charge on any atom is 0.0771 e. The van der Waals surface area contributed by atoms with Crippen molar-refractivity contribution in [3.63, 3.8) is 0 Å². The molecular weight excluding hydrogens is 312 g/mol. The normalized spacial score (nSPS) is 15.2. The van der Waals surface area contributed by atoms with Crippen LogP contribution in [-0.4, -0.2) is 19.3 Å². The summed E-state index contributed by atoms with van der Waals surface area (Å²) in [4.78, 5) is 6.96. The van der Waals surface area contributed by atoms with Gasteiger partial charge in [0.15, 0.2) is 0 Å². The highest BCUT2D eigenvalue weighted by molar-refractivity contribution is 9.10. The highest BCUT2D eigenvalue weighted by atomic mass is 79.9. The lowest BCUT2D eigenvalue weighted by Crippen LogP contribution is -2.17. The minimum Gasteiger partial charge on any atom is -0.372 e. The fraction of sp³-hybridized carbons (Fsp3) is 0.235. The lowest BCUT2D eigenvalue weighted by molar-refractivity contribution is 0.949. The molecule has 102 valence electrons. The number of para-hydroxylation sites is 1. The number of hydrogen-bond donors (Lipinski definition) is 0. The largest absolute Gasteiger partial charge is 0.372 e. The van der Waals surface area contributed by atoms with Crippen molar-refractivity contribution in [2.75, 3.05) is 18.0 Å². The summed E-state index contributed by atoms with van der Waals surface area (Å²) in [5.41, 5.74) is 3.40. The van der Waals surface area contributed by atoms with E-state index in [2.05, 4.69) is 50.1 Å². The second-order valence-electron chi connectivity index (χ2n) is 5.00. The SMILES string of the molecule is Brc1ccccc1N=Cc1ccc(N2CCCC2)cc1. The number of aliphatic imine (C=N–C) groups is 1. The lowest BCUT2D eigenvalue weighted by Gasteiger charge is -2.17. The van der Waals surface area contributed by atoms with Crippen LogP contribution in [0.1, 0.15) is 18.4 Å². The van der Waals surface area contributed by atoms with Crippen LogP contribution in [0.2, 0.25) is 0 Å². The van der Waals surface area contributed by atoms with Crippen molar-refractivity contribution in [1.29, 1.82) is 0 Å². The summed E-state index contributed by atoms with van der Waals surface area (Å²) in [5, 5.41) is 0. The van der Waals surface area contributed by atoms with Gasteiger partial charge in [0.25, 0.3) is 0 Å². The third-order valence-corrected chi connectivity index (χ3v) is 4.24. The van der Waals surface area contributed by atoms with Gasteiger partial charge in [0.2, 0.25) is 0 Å². The van der Waals surface area contributed by atoms with Crippen LogP contribution in [0, 0.1) is 0 Å². The summed E-state index contributed by atoms with van der Waals surface area (Å²) in [7, 11) is 0. The average Bonchev–Trinajstić information content (AvgIpc) is 3.01. The van der Waals surface area contributed by atoms with Gasteiger partial charge < -0.3 is 4.90 Å². The van der Waals surface area contributed by atoms with E-state index in [4.69, 9.17) is 0 Å². The van der Waals surface area contributed by atoms with Gasteiger partial charge in [-0.3, -0.25) is 4.99 Å². The van der Waals surface area contributed by atoms with Crippen LogP contribution >= 0.6 is 15.9 Å². The van der Waals surface area contributed by atoms with Gasteiger partial charge in [0.05, 0.1) is 5.69 Å². The van der Waals surface area contributed by atoms with Crippen LogP contribution in [0.25, 0.3) is 0 Å². The third kappa shape index (κ3) is 3.10. The van der Waals surface area contributed by atoms with E-state index < -0.39 is 0 Å². The Morgan fingerprint density at radius 2 is 1.65 bits per heavy atom. The summed E-state index contributed by atoms with van der Waals surface area (Å²) in [6, 6.07) is 16.6. The molecule has 0 amide bonds. The summed E-state index contributed by atoms with van der Waals surface area (Å²) >= 11 is 3.51. The maximum absolute atomic E-state index is 4.52. The zero-order valence-corrected chi connectivity index (χ0v) is 12.9. The maximum atomic E-state index is 4.52. The van der Waals surface area contributed by atoms with Gasteiger partial charge in [0, 0.05) is 29.5 Å². The fourth-order valence-electron chi connectivity index (χ4n) is 2.45. The molecule has 1 heterocycles. The molecule has 0 spiro atoms. The van der Waals surface area contributed by atoms with Gasteiger partial charge in [-0.25, -0.2) is 0 Å². The molecule has 0 aromatic heterocycles. The summed E-state index contributed by atoms with van der Waals surface area (Å²) in [6.07, 6.45) is 4.53. The van der Waals surface area contributed by atoms with Crippen LogP contribution in [0.5, 0.6) is 0 Å². The van der Waals surface area contributed by atoms with Crippen LogP contribution in [0.3, 0.4) is 0 Å². The molecule has 3 heteroatoms. The van der Waals surface area contributed by atoms with Crippen LogP contribution < -0.4 is 4.90 Å². The molecule has 3 rings (SSSR count). The van der Waals surface area contributed by atoms with Crippen molar-refractivity contribution >= 4 is 33.5 Å². The third-order valence-electron chi connectivity index (χ3n) is 3.57. The first kappa shape index (κ1) is 13.4. The molecule has 2 aromatic carbocycles. The first-order valence-electron chi connectivity index (χ1n) is 6.96. The van der Waals surface area contributed by atoms with Crippen molar-refractivity contribution in [2.24, 2.45) is 4.99 Å². The van der Waals surface area contributed by atoms with Crippen LogP contribution in [-0.2, 0) is 0 Å². The molecule has 20 heavy (non-hydrogen) atoms. The molecule has 1 fully saturated rings. The molecule has 0 N–H and O–H groups in total. The van der Waals surface area contributed by atoms with E-state index in [1.165, 1.54) is 31.6 Å². The van der Waals surface area contributed by atoms with E-state index in [0.717, 1.165) is 15.7 Å². The number of anilines is 1. The number of rotatable bonds is 3. The smallest absolute Gasteiger partial charge is 0.0771 e. The fourth-order valence-corrected chi connectivity index (χ4v) is 2.83. The minimum atomic E-state index is 0.955. The predicted octanol–water partition coefficient (Wildman–Crippen LogP) is 4.80. The Morgan fingerprint density at radius 3 is 2.35 bits per heavy atom. The van der Waals surface area contributed by atoms with Gasteiger partial charge in [-0.2, -0.15) is 0 Å². The summed E-state index contributed by atoms with van der Waals surface area (Å²) < 4.78 is 1.02. The molecular formula is C17H17BrN2. The molecule has 0 atom stereocenters. The lowest BCUT2D eigenvalue weighted by atomic mass is 10.2. The first-order valence-corrected chi connectivity index (χ1v) is 7.76. The molecule has 1 saturated heterocycles. The number of nitrogens with zero attached hydrogens (tertiary/aromatic N) is 2. The van der Waals surface area contributed by atoms with Crippen molar-refractivity contribution in [1.82, 2.24) is 0 Å². The summed E-state index contributed by atoms with van der Waals surface area (Å²) in [6.45, 7) is 2.37. The minimum absolute atomic E-state index is 0.955. The monoisotopic (exact) mass is 328 g/mol. The Bertz CT molecular complexity index is 599. The number of hydrogen-bond acceptors (Lipinski definition) is 2. The molecule has 1 aliphatic heterocycles. The second kappa shape index (κ2) is 6.23. The standard InChI is InChI=1S/C17H17BrN2/c18-16-5-1-2-6-17(16)19-13-14-7-9-15(10-8-14)20-11-3-4-12-20/h1-2,5-10,13H,3-4,11-12H2. The molecule has 1 aliphatic rings. The Balaban J connectivity index is 1.73. The molecule has 0 unspecified atom stereocenters. The molecule has 0 radical (unpaired) electrons. The van der Waals surface area contributed by atoms with Gasteiger partial charge in [-0.15, -0.1) is 0 Å². The van der Waals surface area contributed by atoms with Crippen LogP contribution in [0.15, 0.2) is 58.0 Å². The Kier molecular flexibility index (Phi) is 4.16. The zero-order valence-electron chi connectivity index (χ0n) is 11.3. The number of halogens is 1. The molecule has 2 nitrogen and oxygen atoms in total. The molecule has 0 saturated carbocycles. The topological polar surface area (TPSA) is 15.6 Å². The van der Waals surface area contributed by atoms with Crippen LogP contribution in [0.4, 0.5) is 11.4 Å². The van der Waals surface area contributed by atoms with Crippen molar-refractivity contribution in [3.05, 3.63) is 58.6 Å². The van der Waals surface area contributed by atoms with E-state index in [0.29, 0.717) is 0 Å². The van der Waals surface area contributed by atoms with E-state index in [-0.39, 0.29) is 0 Å². The first-order chi connectivity index (χ1) is 9.83. The number of benzene rings is 2. The van der Waals surface area contributed by atoms with Crippen molar-refractivity contribution in [2.45, 2.75) is 12.8 Å². The average molecular weight is 329 g/mol. The van der Waals surface area contributed by atoms with Gasteiger partial charge in [-0.05, 0) is 58.6 Å². The van der Waals surface area contributed by atoms with E-state index >= 15 is 0 Å². The second-order valence-corrected chi connectivity index (χ2v) is 5.85. The quantitative estimate of drug-likeness (QED) is 0.739. The van der Waals surface area contributed by atoms with Crippen molar-refractivity contribution in [3.8, 4) is 0 Å².